The van der Waals surface area contributed by atoms with Crippen LogP contribution in [0.25, 0.3) is 11.5 Å². The van der Waals surface area contributed by atoms with Crippen LogP contribution in [0.1, 0.15) is 11.6 Å². The predicted molar refractivity (Wildman–Crippen MR) is 65.8 cm³/mol. The van der Waals surface area contributed by atoms with Crippen LogP contribution in [0.2, 0.25) is 0 Å². The van der Waals surface area contributed by atoms with Gasteiger partial charge in [0.05, 0.1) is 12.5 Å². The molecule has 0 saturated heterocycles. The van der Waals surface area contributed by atoms with Gasteiger partial charge in [-0.25, -0.2) is 4.98 Å². The number of aromatic nitrogens is 3. The highest BCUT2D eigenvalue weighted by Crippen LogP contribution is 2.14. The highest BCUT2D eigenvalue weighted by molar-refractivity contribution is 5.47. The van der Waals surface area contributed by atoms with Crippen molar-refractivity contribution in [2.75, 3.05) is 13.7 Å². The molecular formula is C12H16N4O2. The van der Waals surface area contributed by atoms with Crippen molar-refractivity contribution < 1.29 is 9.26 Å². The molecule has 96 valence electrons. The average molecular weight is 248 g/mol. The van der Waals surface area contributed by atoms with E-state index >= 15 is 0 Å². The van der Waals surface area contributed by atoms with Crippen molar-refractivity contribution in [3.63, 3.8) is 0 Å². The number of methoxy groups -OCH3 is 1. The van der Waals surface area contributed by atoms with Gasteiger partial charge in [0, 0.05) is 19.3 Å². The summed E-state index contributed by atoms with van der Waals surface area (Å²) in [7, 11) is 1.61. The van der Waals surface area contributed by atoms with Gasteiger partial charge in [-0.2, -0.15) is 4.98 Å². The lowest BCUT2D eigenvalue weighted by Crippen LogP contribution is -2.24. The van der Waals surface area contributed by atoms with Crippen molar-refractivity contribution in [1.29, 1.82) is 0 Å². The van der Waals surface area contributed by atoms with E-state index in [4.69, 9.17) is 15.0 Å². The van der Waals surface area contributed by atoms with E-state index in [0.717, 1.165) is 5.69 Å². The van der Waals surface area contributed by atoms with Crippen molar-refractivity contribution >= 4 is 0 Å². The number of pyridine rings is 1. The molecule has 1 atom stereocenters. The molecule has 0 aliphatic rings. The molecule has 2 aromatic heterocycles. The SMILES string of the molecule is COC(CN)Cc1nc(-c2cccc(C)n2)no1. The topological polar surface area (TPSA) is 87.1 Å². The van der Waals surface area contributed by atoms with Gasteiger partial charge in [-0.15, -0.1) is 0 Å². The summed E-state index contributed by atoms with van der Waals surface area (Å²) >= 11 is 0. The van der Waals surface area contributed by atoms with Crippen LogP contribution in [0.5, 0.6) is 0 Å². The molecule has 2 heterocycles. The minimum atomic E-state index is -0.108. The summed E-state index contributed by atoms with van der Waals surface area (Å²) in [5.41, 5.74) is 7.15. The number of hydrogen-bond donors (Lipinski definition) is 1. The second kappa shape index (κ2) is 5.70. The zero-order valence-electron chi connectivity index (χ0n) is 10.5. The highest BCUT2D eigenvalue weighted by atomic mass is 16.5. The number of nitrogens with zero attached hydrogens (tertiary/aromatic N) is 3. The summed E-state index contributed by atoms with van der Waals surface area (Å²) in [5.74, 6) is 0.992. The molecule has 2 N–H and O–H groups in total. The molecule has 0 radical (unpaired) electrons. The highest BCUT2D eigenvalue weighted by Gasteiger charge is 2.14. The maximum absolute atomic E-state index is 5.54. The van der Waals surface area contributed by atoms with Gasteiger partial charge < -0.3 is 15.0 Å². The van der Waals surface area contributed by atoms with Crippen molar-refractivity contribution in [3.05, 3.63) is 29.8 Å². The fourth-order valence-electron chi connectivity index (χ4n) is 1.57. The summed E-state index contributed by atoms with van der Waals surface area (Å²) < 4.78 is 10.3. The molecule has 0 amide bonds. The summed E-state index contributed by atoms with van der Waals surface area (Å²) in [6, 6.07) is 5.67. The van der Waals surface area contributed by atoms with Gasteiger partial charge in [0.25, 0.3) is 0 Å². The molecule has 2 rings (SSSR count). The van der Waals surface area contributed by atoms with Crippen molar-refractivity contribution in [2.24, 2.45) is 5.73 Å². The van der Waals surface area contributed by atoms with Gasteiger partial charge in [0.1, 0.15) is 5.69 Å². The van der Waals surface area contributed by atoms with Crippen LogP contribution in [0.3, 0.4) is 0 Å². The fourth-order valence-corrected chi connectivity index (χ4v) is 1.57. The third-order valence-electron chi connectivity index (χ3n) is 2.58. The van der Waals surface area contributed by atoms with Crippen LogP contribution in [-0.4, -0.2) is 34.9 Å². The van der Waals surface area contributed by atoms with Crippen LogP contribution < -0.4 is 5.73 Å². The lowest BCUT2D eigenvalue weighted by atomic mass is 10.2. The molecule has 0 fully saturated rings. The van der Waals surface area contributed by atoms with Gasteiger partial charge >= 0.3 is 0 Å². The molecule has 0 aliphatic heterocycles. The van der Waals surface area contributed by atoms with Crippen molar-refractivity contribution in [1.82, 2.24) is 15.1 Å². The van der Waals surface area contributed by atoms with Crippen LogP contribution in [0, 0.1) is 6.92 Å². The molecule has 1 unspecified atom stereocenters. The van der Waals surface area contributed by atoms with E-state index in [1.807, 2.05) is 25.1 Å². The molecule has 18 heavy (non-hydrogen) atoms. The Morgan fingerprint density at radius 2 is 2.22 bits per heavy atom. The molecule has 6 heteroatoms. The number of rotatable bonds is 5. The Morgan fingerprint density at radius 1 is 1.39 bits per heavy atom. The van der Waals surface area contributed by atoms with Gasteiger partial charge in [0.2, 0.25) is 11.7 Å². The van der Waals surface area contributed by atoms with E-state index in [0.29, 0.717) is 30.4 Å². The van der Waals surface area contributed by atoms with Gasteiger partial charge in [-0.3, -0.25) is 0 Å². The number of hydrogen-bond acceptors (Lipinski definition) is 6. The summed E-state index contributed by atoms with van der Waals surface area (Å²) in [6.45, 7) is 2.33. The minimum absolute atomic E-state index is 0.108. The Morgan fingerprint density at radius 3 is 2.89 bits per heavy atom. The lowest BCUT2D eigenvalue weighted by Gasteiger charge is -2.08. The van der Waals surface area contributed by atoms with E-state index in [9.17, 15) is 0 Å². The third kappa shape index (κ3) is 2.91. The second-order valence-electron chi connectivity index (χ2n) is 3.97. The van der Waals surface area contributed by atoms with E-state index in [-0.39, 0.29) is 6.10 Å². The Labute approximate surface area is 105 Å². The lowest BCUT2D eigenvalue weighted by molar-refractivity contribution is 0.102. The molecule has 0 bridgehead atoms. The molecule has 0 aromatic carbocycles. The van der Waals surface area contributed by atoms with E-state index in [1.54, 1.807) is 7.11 Å². The second-order valence-corrected chi connectivity index (χ2v) is 3.97. The Bertz CT molecular complexity index is 508. The van der Waals surface area contributed by atoms with Gasteiger partial charge in [0.15, 0.2) is 0 Å². The van der Waals surface area contributed by atoms with Crippen molar-refractivity contribution in [2.45, 2.75) is 19.4 Å². The van der Waals surface area contributed by atoms with E-state index < -0.39 is 0 Å². The van der Waals surface area contributed by atoms with Gasteiger partial charge in [-0.1, -0.05) is 11.2 Å². The Kier molecular flexibility index (Phi) is 4.01. The third-order valence-corrected chi connectivity index (χ3v) is 2.58. The van der Waals surface area contributed by atoms with Crippen LogP contribution in [-0.2, 0) is 11.2 Å². The quantitative estimate of drug-likeness (QED) is 0.847. The zero-order valence-corrected chi connectivity index (χ0v) is 10.5. The van der Waals surface area contributed by atoms with E-state index in [2.05, 4.69) is 15.1 Å². The van der Waals surface area contributed by atoms with Crippen LogP contribution >= 0.6 is 0 Å². The monoisotopic (exact) mass is 248 g/mol. The smallest absolute Gasteiger partial charge is 0.229 e. The summed E-state index contributed by atoms with van der Waals surface area (Å²) in [4.78, 5) is 8.62. The maximum atomic E-state index is 5.54. The molecular weight excluding hydrogens is 232 g/mol. The Hall–Kier alpha value is -1.79. The summed E-state index contributed by atoms with van der Waals surface area (Å²) in [5, 5.41) is 3.90. The number of ether oxygens (including phenoxy) is 1. The van der Waals surface area contributed by atoms with Crippen LogP contribution in [0.15, 0.2) is 22.7 Å². The first-order chi connectivity index (χ1) is 8.72. The van der Waals surface area contributed by atoms with Crippen molar-refractivity contribution in [3.8, 4) is 11.5 Å². The molecule has 0 spiro atoms. The Balaban J connectivity index is 2.15. The van der Waals surface area contributed by atoms with Crippen LogP contribution in [0.4, 0.5) is 0 Å². The largest absolute Gasteiger partial charge is 0.380 e. The molecule has 6 nitrogen and oxygen atoms in total. The standard InChI is InChI=1S/C12H16N4O2/c1-8-4-3-5-10(14-8)12-15-11(18-16-12)6-9(7-13)17-2/h3-5,9H,6-7,13H2,1-2H3. The predicted octanol–water partition coefficient (Wildman–Crippen LogP) is 0.956. The molecule has 0 saturated carbocycles. The zero-order chi connectivity index (χ0) is 13.0. The molecule has 0 aliphatic carbocycles. The first kappa shape index (κ1) is 12.7. The normalized spacial score (nSPS) is 12.6. The van der Waals surface area contributed by atoms with E-state index in [1.165, 1.54) is 0 Å². The fraction of sp³-hybridized carbons (Fsp3) is 0.417. The number of aryl methyl sites for hydroxylation is 1. The average Bonchev–Trinajstić information content (AvgIpc) is 2.84. The summed E-state index contributed by atoms with van der Waals surface area (Å²) in [6.07, 6.45) is 0.398. The molecule has 2 aromatic rings. The minimum Gasteiger partial charge on any atom is -0.380 e. The first-order valence-corrected chi connectivity index (χ1v) is 5.72. The number of nitrogens with two attached hydrogens (primary N) is 1. The maximum Gasteiger partial charge on any atom is 0.229 e. The first-order valence-electron chi connectivity index (χ1n) is 5.72. The van der Waals surface area contributed by atoms with Gasteiger partial charge in [-0.05, 0) is 19.1 Å².